The first kappa shape index (κ1) is 20.6. The van der Waals surface area contributed by atoms with Gasteiger partial charge in [-0.15, -0.1) is 22.0 Å². The molecule has 8 heteroatoms. The van der Waals surface area contributed by atoms with Crippen molar-refractivity contribution in [3.8, 4) is 0 Å². The van der Waals surface area contributed by atoms with Crippen LogP contribution in [0.5, 0.6) is 0 Å². The molecule has 30 heavy (non-hydrogen) atoms. The SMILES string of the molecule is Cc1cc(C)cc(N2C[C@@H](c3nnc(NC(=O)CSc4ccccc4)s3)CC2=O)c1. The summed E-state index contributed by atoms with van der Waals surface area (Å²) in [5.41, 5.74) is 3.20. The number of aryl methyl sites for hydroxylation is 2. The molecule has 0 bridgehead atoms. The number of amides is 2. The molecule has 3 aromatic rings. The van der Waals surface area contributed by atoms with Crippen LogP contribution in [0.15, 0.2) is 53.4 Å². The van der Waals surface area contributed by atoms with Crippen molar-refractivity contribution in [2.75, 3.05) is 22.5 Å². The largest absolute Gasteiger partial charge is 0.312 e. The summed E-state index contributed by atoms with van der Waals surface area (Å²) in [4.78, 5) is 27.7. The molecule has 0 spiro atoms. The maximum absolute atomic E-state index is 12.6. The van der Waals surface area contributed by atoms with Crippen molar-refractivity contribution in [3.05, 3.63) is 64.7 Å². The van der Waals surface area contributed by atoms with Crippen molar-refractivity contribution in [3.63, 3.8) is 0 Å². The van der Waals surface area contributed by atoms with Gasteiger partial charge in [-0.25, -0.2) is 0 Å². The van der Waals surface area contributed by atoms with E-state index in [1.165, 1.54) is 23.1 Å². The minimum absolute atomic E-state index is 0.0137. The van der Waals surface area contributed by atoms with Crippen molar-refractivity contribution >= 4 is 45.7 Å². The molecular formula is C22H22N4O2S2. The van der Waals surface area contributed by atoms with Crippen LogP contribution < -0.4 is 10.2 Å². The number of nitrogens with one attached hydrogen (secondary N) is 1. The fraction of sp³-hybridized carbons (Fsp3) is 0.273. The van der Waals surface area contributed by atoms with Gasteiger partial charge in [0.25, 0.3) is 0 Å². The molecule has 1 aliphatic rings. The van der Waals surface area contributed by atoms with E-state index in [-0.39, 0.29) is 17.7 Å². The Bertz CT molecular complexity index is 1050. The van der Waals surface area contributed by atoms with Gasteiger partial charge in [-0.3, -0.25) is 14.9 Å². The lowest BCUT2D eigenvalue weighted by molar-refractivity contribution is -0.117. The molecule has 154 valence electrons. The van der Waals surface area contributed by atoms with E-state index >= 15 is 0 Å². The molecule has 0 aliphatic carbocycles. The Morgan fingerprint density at radius 3 is 2.63 bits per heavy atom. The molecule has 1 aromatic heterocycles. The zero-order valence-electron chi connectivity index (χ0n) is 16.8. The summed E-state index contributed by atoms with van der Waals surface area (Å²) >= 11 is 2.82. The first-order valence-electron chi connectivity index (χ1n) is 9.67. The lowest BCUT2D eigenvalue weighted by atomic mass is 10.1. The molecule has 1 saturated heterocycles. The Hall–Kier alpha value is -2.71. The number of nitrogens with zero attached hydrogens (tertiary/aromatic N) is 3. The molecule has 1 aliphatic heterocycles. The maximum atomic E-state index is 12.6. The molecule has 2 amide bonds. The summed E-state index contributed by atoms with van der Waals surface area (Å²) in [5, 5.41) is 12.4. The molecule has 0 radical (unpaired) electrons. The van der Waals surface area contributed by atoms with Gasteiger partial charge >= 0.3 is 0 Å². The Kier molecular flexibility index (Phi) is 6.15. The van der Waals surface area contributed by atoms with Gasteiger partial charge < -0.3 is 4.90 Å². The smallest absolute Gasteiger partial charge is 0.236 e. The zero-order chi connectivity index (χ0) is 21.1. The van der Waals surface area contributed by atoms with Crippen LogP contribution in [0.25, 0.3) is 0 Å². The van der Waals surface area contributed by atoms with Gasteiger partial charge in [0, 0.05) is 29.5 Å². The molecule has 2 heterocycles. The minimum Gasteiger partial charge on any atom is -0.312 e. The third kappa shape index (κ3) is 4.88. The highest BCUT2D eigenvalue weighted by molar-refractivity contribution is 8.00. The molecule has 1 atom stereocenters. The second-order valence-electron chi connectivity index (χ2n) is 7.35. The summed E-state index contributed by atoms with van der Waals surface area (Å²) in [6, 6.07) is 15.9. The van der Waals surface area contributed by atoms with E-state index in [9.17, 15) is 9.59 Å². The Morgan fingerprint density at radius 1 is 1.17 bits per heavy atom. The lowest BCUT2D eigenvalue weighted by Gasteiger charge is -2.17. The van der Waals surface area contributed by atoms with Gasteiger partial charge in [0.1, 0.15) is 5.01 Å². The van der Waals surface area contributed by atoms with Gasteiger partial charge in [-0.1, -0.05) is 35.6 Å². The molecular weight excluding hydrogens is 416 g/mol. The number of carbonyl (C=O) groups excluding carboxylic acids is 2. The summed E-state index contributed by atoms with van der Waals surface area (Å²) in [6.45, 7) is 4.64. The van der Waals surface area contributed by atoms with Crippen LogP contribution >= 0.6 is 23.1 Å². The lowest BCUT2D eigenvalue weighted by Crippen LogP contribution is -2.24. The number of aromatic nitrogens is 2. The summed E-state index contributed by atoms with van der Waals surface area (Å²) < 4.78 is 0. The second-order valence-corrected chi connectivity index (χ2v) is 9.40. The van der Waals surface area contributed by atoms with Crippen molar-refractivity contribution in [1.82, 2.24) is 10.2 Å². The number of hydrogen-bond acceptors (Lipinski definition) is 6. The second kappa shape index (κ2) is 8.97. The van der Waals surface area contributed by atoms with E-state index < -0.39 is 0 Å². The van der Waals surface area contributed by atoms with Gasteiger partial charge in [0.05, 0.1) is 5.75 Å². The summed E-state index contributed by atoms with van der Waals surface area (Å²) in [5.74, 6) is 0.262. The highest BCUT2D eigenvalue weighted by Crippen LogP contribution is 2.35. The normalized spacial score (nSPS) is 16.1. The fourth-order valence-corrected chi connectivity index (χ4v) is 5.07. The predicted molar refractivity (Wildman–Crippen MR) is 121 cm³/mol. The molecule has 0 unspecified atom stereocenters. The topological polar surface area (TPSA) is 75.2 Å². The van der Waals surface area contributed by atoms with E-state index in [0.29, 0.717) is 23.8 Å². The van der Waals surface area contributed by atoms with Crippen LogP contribution in [0, 0.1) is 13.8 Å². The average molecular weight is 439 g/mol. The minimum atomic E-state index is -0.120. The third-order valence-corrected chi connectivity index (χ3v) is 6.81. The first-order chi connectivity index (χ1) is 14.5. The van der Waals surface area contributed by atoms with E-state index in [1.807, 2.05) is 61.2 Å². The van der Waals surface area contributed by atoms with Crippen LogP contribution in [-0.4, -0.2) is 34.3 Å². The first-order valence-corrected chi connectivity index (χ1v) is 11.5. The Labute approximate surface area is 183 Å². The maximum Gasteiger partial charge on any atom is 0.236 e. The average Bonchev–Trinajstić information content (AvgIpc) is 3.33. The Balaban J connectivity index is 1.37. The predicted octanol–water partition coefficient (Wildman–Crippen LogP) is 4.41. The zero-order valence-corrected chi connectivity index (χ0v) is 18.4. The monoisotopic (exact) mass is 438 g/mol. The highest BCUT2D eigenvalue weighted by Gasteiger charge is 2.34. The number of benzene rings is 2. The van der Waals surface area contributed by atoms with Crippen molar-refractivity contribution in [1.29, 1.82) is 0 Å². The van der Waals surface area contributed by atoms with Gasteiger partial charge in [-0.05, 0) is 49.2 Å². The van der Waals surface area contributed by atoms with E-state index in [2.05, 4.69) is 21.6 Å². The molecule has 4 rings (SSSR count). The quantitative estimate of drug-likeness (QED) is 0.577. The molecule has 1 N–H and O–H groups in total. The van der Waals surface area contributed by atoms with Crippen LogP contribution in [0.1, 0.15) is 28.5 Å². The number of rotatable bonds is 6. The molecule has 1 fully saturated rings. The van der Waals surface area contributed by atoms with Crippen LogP contribution in [0.4, 0.5) is 10.8 Å². The van der Waals surface area contributed by atoms with Crippen LogP contribution in [-0.2, 0) is 9.59 Å². The summed E-state index contributed by atoms with van der Waals surface area (Å²) in [6.07, 6.45) is 0.402. The van der Waals surface area contributed by atoms with E-state index in [1.54, 1.807) is 0 Å². The highest BCUT2D eigenvalue weighted by atomic mass is 32.2. The number of carbonyl (C=O) groups is 2. The molecule has 6 nitrogen and oxygen atoms in total. The summed E-state index contributed by atoms with van der Waals surface area (Å²) in [7, 11) is 0. The van der Waals surface area contributed by atoms with Gasteiger partial charge in [0.2, 0.25) is 16.9 Å². The van der Waals surface area contributed by atoms with Gasteiger partial charge in [-0.2, -0.15) is 0 Å². The van der Waals surface area contributed by atoms with E-state index in [4.69, 9.17) is 0 Å². The van der Waals surface area contributed by atoms with Crippen LogP contribution in [0.2, 0.25) is 0 Å². The van der Waals surface area contributed by atoms with E-state index in [0.717, 1.165) is 26.7 Å². The van der Waals surface area contributed by atoms with Gasteiger partial charge in [0.15, 0.2) is 0 Å². The number of anilines is 2. The Morgan fingerprint density at radius 2 is 1.90 bits per heavy atom. The molecule has 0 saturated carbocycles. The number of hydrogen-bond donors (Lipinski definition) is 1. The van der Waals surface area contributed by atoms with Crippen molar-refractivity contribution < 1.29 is 9.59 Å². The third-order valence-electron chi connectivity index (χ3n) is 4.79. The molecule has 2 aromatic carbocycles. The standard InChI is InChI=1S/C22H22N4O2S2/c1-14-8-15(2)10-17(9-14)26-12-16(11-20(26)28)21-24-25-22(30-21)23-19(27)13-29-18-6-4-3-5-7-18/h3-10,16H,11-13H2,1-2H3,(H,23,25,27)/t16-/m0/s1. The van der Waals surface area contributed by atoms with Crippen molar-refractivity contribution in [2.45, 2.75) is 31.1 Å². The van der Waals surface area contributed by atoms with Crippen LogP contribution in [0.3, 0.4) is 0 Å². The number of thioether (sulfide) groups is 1. The van der Waals surface area contributed by atoms with Crippen molar-refractivity contribution in [2.24, 2.45) is 0 Å². The fourth-order valence-electron chi connectivity index (χ4n) is 3.50.